The van der Waals surface area contributed by atoms with Crippen molar-refractivity contribution in [2.45, 2.75) is 12.8 Å². The van der Waals surface area contributed by atoms with Crippen LogP contribution >= 0.6 is 11.6 Å². The summed E-state index contributed by atoms with van der Waals surface area (Å²) in [7, 11) is 0. The molecule has 1 N–H and O–H groups in total. The quantitative estimate of drug-likeness (QED) is 0.770. The maximum absolute atomic E-state index is 11.3. The lowest BCUT2D eigenvalue weighted by Gasteiger charge is -2.03. The fraction of sp³-hybridized carbons (Fsp3) is 0.300. The molecule has 0 bridgehead atoms. The molecule has 0 unspecified atom stereocenters. The predicted molar refractivity (Wildman–Crippen MR) is 51.6 cm³/mol. The van der Waals surface area contributed by atoms with Crippen LogP contribution in [-0.2, 0) is 4.79 Å². The van der Waals surface area contributed by atoms with Crippen molar-refractivity contribution in [1.82, 2.24) is 0 Å². The Hall–Kier alpha value is -1.02. The summed E-state index contributed by atoms with van der Waals surface area (Å²) in [6, 6.07) is 7.98. The third kappa shape index (κ3) is 2.22. The summed E-state index contributed by atoms with van der Waals surface area (Å²) < 4.78 is 0. The van der Waals surface area contributed by atoms with Gasteiger partial charge in [0.1, 0.15) is 0 Å². The number of nitrogens with one attached hydrogen (secondary N) is 1. The van der Waals surface area contributed by atoms with Gasteiger partial charge >= 0.3 is 0 Å². The van der Waals surface area contributed by atoms with Crippen LogP contribution in [0.25, 0.3) is 0 Å². The van der Waals surface area contributed by atoms with E-state index in [1.807, 2.05) is 0 Å². The lowest BCUT2D eigenvalue weighted by Crippen LogP contribution is -2.12. The van der Waals surface area contributed by atoms with E-state index in [2.05, 4.69) is 11.4 Å². The maximum atomic E-state index is 11.3. The van der Waals surface area contributed by atoms with Crippen LogP contribution in [0.15, 0.2) is 18.2 Å². The highest BCUT2D eigenvalue weighted by Gasteiger charge is 2.29. The zero-order valence-corrected chi connectivity index (χ0v) is 7.77. The molecule has 1 fully saturated rings. The van der Waals surface area contributed by atoms with Gasteiger partial charge in [0.15, 0.2) is 0 Å². The van der Waals surface area contributed by atoms with Crippen molar-refractivity contribution in [3.63, 3.8) is 0 Å². The van der Waals surface area contributed by atoms with Crippen molar-refractivity contribution in [3.8, 4) is 0 Å². The maximum Gasteiger partial charge on any atom is 0.227 e. The fourth-order valence-electron chi connectivity index (χ4n) is 1.10. The second-order valence-corrected chi connectivity index (χ2v) is 3.60. The molecule has 3 heteroatoms. The smallest absolute Gasteiger partial charge is 0.227 e. The number of rotatable bonds is 2. The Morgan fingerprint density at radius 3 is 3.00 bits per heavy atom. The Labute approximate surface area is 81.9 Å². The van der Waals surface area contributed by atoms with Gasteiger partial charge in [-0.15, -0.1) is 0 Å². The Kier molecular flexibility index (Phi) is 2.23. The van der Waals surface area contributed by atoms with Crippen LogP contribution in [0.1, 0.15) is 12.8 Å². The van der Waals surface area contributed by atoms with Crippen LogP contribution in [0.2, 0.25) is 5.02 Å². The molecule has 1 aromatic rings. The van der Waals surface area contributed by atoms with Crippen molar-refractivity contribution < 1.29 is 4.79 Å². The molecule has 0 spiro atoms. The number of hydrogen-bond acceptors (Lipinski definition) is 1. The summed E-state index contributed by atoms with van der Waals surface area (Å²) in [5, 5.41) is 3.32. The summed E-state index contributed by atoms with van der Waals surface area (Å²) in [6.45, 7) is 0. The number of carbonyl (C=O) groups excluding carboxylic acids is 1. The molecule has 1 aromatic carbocycles. The molecule has 13 heavy (non-hydrogen) atoms. The van der Waals surface area contributed by atoms with Crippen molar-refractivity contribution in [3.05, 3.63) is 29.3 Å². The first-order valence-corrected chi connectivity index (χ1v) is 4.61. The van der Waals surface area contributed by atoms with Crippen LogP contribution in [0.4, 0.5) is 5.69 Å². The molecule has 1 radical (unpaired) electrons. The van der Waals surface area contributed by atoms with E-state index >= 15 is 0 Å². The molecule has 2 nitrogen and oxygen atoms in total. The summed E-state index contributed by atoms with van der Waals surface area (Å²) in [5.41, 5.74) is 0.751. The van der Waals surface area contributed by atoms with Gasteiger partial charge < -0.3 is 5.32 Å². The van der Waals surface area contributed by atoms with Gasteiger partial charge in [0, 0.05) is 17.7 Å². The Morgan fingerprint density at radius 2 is 2.38 bits per heavy atom. The molecule has 1 saturated carbocycles. The predicted octanol–water partition coefficient (Wildman–Crippen LogP) is 2.49. The highest BCUT2D eigenvalue weighted by Crippen LogP contribution is 2.30. The number of benzene rings is 1. The molecular weight excluding hydrogens is 186 g/mol. The van der Waals surface area contributed by atoms with E-state index in [9.17, 15) is 4.79 Å². The molecule has 1 amide bonds. The van der Waals surface area contributed by atoms with E-state index in [4.69, 9.17) is 11.6 Å². The molecule has 0 atom stereocenters. The van der Waals surface area contributed by atoms with E-state index in [0.29, 0.717) is 5.02 Å². The van der Waals surface area contributed by atoms with Gasteiger partial charge in [-0.1, -0.05) is 17.7 Å². The van der Waals surface area contributed by atoms with Crippen LogP contribution in [0.5, 0.6) is 0 Å². The highest BCUT2D eigenvalue weighted by atomic mass is 35.5. The lowest BCUT2D eigenvalue weighted by molar-refractivity contribution is -0.117. The van der Waals surface area contributed by atoms with Gasteiger partial charge in [-0.05, 0) is 25.0 Å². The minimum Gasteiger partial charge on any atom is -0.326 e. The molecule has 0 heterocycles. The average molecular weight is 195 g/mol. The molecule has 0 aliphatic heterocycles. The summed E-state index contributed by atoms with van der Waals surface area (Å²) in [5.74, 6) is 0.324. The number of carbonyl (C=O) groups is 1. The number of halogens is 1. The van der Waals surface area contributed by atoms with Gasteiger partial charge in [-0.2, -0.15) is 0 Å². The Bertz CT molecular complexity index is 333. The second-order valence-electron chi connectivity index (χ2n) is 3.19. The summed E-state index contributed by atoms with van der Waals surface area (Å²) in [6.07, 6.45) is 2.02. The van der Waals surface area contributed by atoms with E-state index in [-0.39, 0.29) is 11.8 Å². The van der Waals surface area contributed by atoms with Gasteiger partial charge in [-0.25, -0.2) is 0 Å². The second kappa shape index (κ2) is 3.38. The minimum absolute atomic E-state index is 0.0993. The Morgan fingerprint density at radius 1 is 1.62 bits per heavy atom. The van der Waals surface area contributed by atoms with Gasteiger partial charge in [0.2, 0.25) is 5.91 Å². The first-order chi connectivity index (χ1) is 6.25. The van der Waals surface area contributed by atoms with Crippen molar-refractivity contribution in [1.29, 1.82) is 0 Å². The summed E-state index contributed by atoms with van der Waals surface area (Å²) in [4.78, 5) is 11.3. The highest BCUT2D eigenvalue weighted by molar-refractivity contribution is 6.30. The molecule has 1 aliphatic rings. The standard InChI is InChI=1S/C10H9ClNO/c11-8-2-1-3-9(6-8)12-10(13)7-4-5-7/h1,3,6-7H,4-5H2,(H,12,13). The third-order valence-electron chi connectivity index (χ3n) is 1.98. The van der Waals surface area contributed by atoms with Gasteiger partial charge in [0.25, 0.3) is 0 Å². The van der Waals surface area contributed by atoms with Crippen molar-refractivity contribution in [2.75, 3.05) is 5.32 Å². The van der Waals surface area contributed by atoms with Crippen LogP contribution in [0.3, 0.4) is 0 Å². The fourth-order valence-corrected chi connectivity index (χ4v) is 1.29. The van der Waals surface area contributed by atoms with Crippen molar-refractivity contribution >= 4 is 23.2 Å². The number of anilines is 1. The first kappa shape index (κ1) is 8.57. The summed E-state index contributed by atoms with van der Waals surface area (Å²) >= 11 is 5.72. The van der Waals surface area contributed by atoms with Crippen molar-refractivity contribution in [2.24, 2.45) is 5.92 Å². The molecule has 2 rings (SSSR count). The van der Waals surface area contributed by atoms with Crippen LogP contribution < -0.4 is 5.32 Å². The molecular formula is C10H9ClNO. The third-order valence-corrected chi connectivity index (χ3v) is 2.20. The molecule has 67 valence electrons. The topological polar surface area (TPSA) is 29.1 Å². The average Bonchev–Trinajstić information content (AvgIpc) is 2.85. The zero-order valence-electron chi connectivity index (χ0n) is 7.01. The van der Waals surface area contributed by atoms with Crippen LogP contribution in [-0.4, -0.2) is 5.91 Å². The Balaban J connectivity index is 2.04. The SMILES string of the molecule is O=C(Nc1cc[c]c(Cl)c1)C1CC1. The molecule has 0 aromatic heterocycles. The van der Waals surface area contributed by atoms with E-state index in [1.165, 1.54) is 0 Å². The first-order valence-electron chi connectivity index (χ1n) is 4.24. The van der Waals surface area contributed by atoms with Gasteiger partial charge in [0.05, 0.1) is 5.02 Å². The van der Waals surface area contributed by atoms with E-state index in [1.54, 1.807) is 18.2 Å². The van der Waals surface area contributed by atoms with Crippen LogP contribution in [0, 0.1) is 12.0 Å². The monoisotopic (exact) mass is 194 g/mol. The zero-order chi connectivity index (χ0) is 9.26. The lowest BCUT2D eigenvalue weighted by atomic mass is 10.3. The normalized spacial score (nSPS) is 15.5. The van der Waals surface area contributed by atoms with E-state index < -0.39 is 0 Å². The molecule has 0 saturated heterocycles. The number of hydrogen-bond donors (Lipinski definition) is 1. The largest absolute Gasteiger partial charge is 0.326 e. The minimum atomic E-state index is 0.0993. The number of amides is 1. The van der Waals surface area contributed by atoms with Gasteiger partial charge in [-0.3, -0.25) is 4.79 Å². The van der Waals surface area contributed by atoms with E-state index in [0.717, 1.165) is 18.5 Å². The molecule has 1 aliphatic carbocycles.